The first-order valence-electron chi connectivity index (χ1n) is 6.94. The van der Waals surface area contributed by atoms with Crippen molar-refractivity contribution < 1.29 is 4.39 Å². The molecule has 0 amide bonds. The van der Waals surface area contributed by atoms with Gasteiger partial charge in [0, 0.05) is 36.3 Å². The standard InChI is InChI=1S/C16H17BrFN3/c17-12-1-6-16(15(19)11-12)21-9-7-20(8-10-21)14-4-2-13(18)3-5-14/h1-6,11H,7-10,19H2. The average molecular weight is 350 g/mol. The molecule has 1 saturated heterocycles. The topological polar surface area (TPSA) is 32.5 Å². The zero-order valence-corrected chi connectivity index (χ0v) is 13.2. The summed E-state index contributed by atoms with van der Waals surface area (Å²) in [7, 11) is 0. The van der Waals surface area contributed by atoms with Crippen LogP contribution in [-0.4, -0.2) is 26.2 Å². The highest BCUT2D eigenvalue weighted by atomic mass is 79.9. The maximum atomic E-state index is 13.0. The number of nitrogens with zero attached hydrogens (tertiary/aromatic N) is 2. The predicted octanol–water partition coefficient (Wildman–Crippen LogP) is 3.50. The number of nitrogens with two attached hydrogens (primary N) is 1. The van der Waals surface area contributed by atoms with Gasteiger partial charge >= 0.3 is 0 Å². The van der Waals surface area contributed by atoms with Crippen molar-refractivity contribution in [3.05, 3.63) is 52.8 Å². The molecule has 0 unspecified atom stereocenters. The van der Waals surface area contributed by atoms with E-state index in [4.69, 9.17) is 5.73 Å². The Balaban J connectivity index is 1.68. The maximum absolute atomic E-state index is 13.0. The third-order valence-electron chi connectivity index (χ3n) is 3.80. The van der Waals surface area contributed by atoms with Crippen LogP contribution in [0.15, 0.2) is 46.9 Å². The van der Waals surface area contributed by atoms with Gasteiger partial charge in [0.2, 0.25) is 0 Å². The number of hydrogen-bond acceptors (Lipinski definition) is 3. The van der Waals surface area contributed by atoms with Gasteiger partial charge in [-0.05, 0) is 42.5 Å². The second-order valence-corrected chi connectivity index (χ2v) is 6.07. The predicted molar refractivity (Wildman–Crippen MR) is 89.4 cm³/mol. The highest BCUT2D eigenvalue weighted by molar-refractivity contribution is 9.10. The van der Waals surface area contributed by atoms with Gasteiger partial charge in [-0.3, -0.25) is 0 Å². The van der Waals surface area contributed by atoms with E-state index in [0.29, 0.717) is 0 Å². The van der Waals surface area contributed by atoms with E-state index in [9.17, 15) is 4.39 Å². The maximum Gasteiger partial charge on any atom is 0.123 e. The van der Waals surface area contributed by atoms with Gasteiger partial charge in [-0.1, -0.05) is 15.9 Å². The van der Waals surface area contributed by atoms with E-state index >= 15 is 0 Å². The van der Waals surface area contributed by atoms with Gasteiger partial charge < -0.3 is 15.5 Å². The minimum atomic E-state index is -0.194. The lowest BCUT2D eigenvalue weighted by Gasteiger charge is -2.37. The van der Waals surface area contributed by atoms with Crippen LogP contribution in [-0.2, 0) is 0 Å². The van der Waals surface area contributed by atoms with Crippen LogP contribution < -0.4 is 15.5 Å². The van der Waals surface area contributed by atoms with Crippen molar-refractivity contribution in [3.8, 4) is 0 Å². The van der Waals surface area contributed by atoms with Crippen LogP contribution >= 0.6 is 15.9 Å². The van der Waals surface area contributed by atoms with Crippen LogP contribution in [0.2, 0.25) is 0 Å². The molecule has 3 nitrogen and oxygen atoms in total. The van der Waals surface area contributed by atoms with Crippen LogP contribution in [0.1, 0.15) is 0 Å². The highest BCUT2D eigenvalue weighted by Gasteiger charge is 2.19. The molecular weight excluding hydrogens is 333 g/mol. The molecule has 0 saturated carbocycles. The van der Waals surface area contributed by atoms with Gasteiger partial charge in [0.05, 0.1) is 11.4 Å². The molecule has 2 aromatic carbocycles. The van der Waals surface area contributed by atoms with Gasteiger partial charge in [-0.15, -0.1) is 0 Å². The van der Waals surface area contributed by atoms with Crippen molar-refractivity contribution in [2.75, 3.05) is 41.7 Å². The Bertz CT molecular complexity index is 622. The van der Waals surface area contributed by atoms with Crippen LogP contribution in [0, 0.1) is 5.82 Å². The molecule has 3 rings (SSSR count). The molecule has 2 aromatic rings. The number of nitrogen functional groups attached to an aromatic ring is 1. The summed E-state index contributed by atoms with van der Waals surface area (Å²) < 4.78 is 14.0. The normalized spacial score (nSPS) is 15.3. The summed E-state index contributed by atoms with van der Waals surface area (Å²) in [5.41, 5.74) is 9.03. The second kappa shape index (κ2) is 5.93. The smallest absolute Gasteiger partial charge is 0.123 e. The Kier molecular flexibility index (Phi) is 4.01. The molecule has 1 fully saturated rings. The van der Waals surface area contributed by atoms with Crippen molar-refractivity contribution in [3.63, 3.8) is 0 Å². The fraction of sp³-hybridized carbons (Fsp3) is 0.250. The van der Waals surface area contributed by atoms with Crippen molar-refractivity contribution in [1.82, 2.24) is 0 Å². The third kappa shape index (κ3) is 3.13. The molecule has 0 aliphatic carbocycles. The lowest BCUT2D eigenvalue weighted by molar-refractivity contribution is 0.625. The Labute approximate surface area is 132 Å². The van der Waals surface area contributed by atoms with Crippen molar-refractivity contribution in [2.24, 2.45) is 0 Å². The number of rotatable bonds is 2. The fourth-order valence-corrected chi connectivity index (χ4v) is 3.05. The van der Waals surface area contributed by atoms with Crippen LogP contribution in [0.25, 0.3) is 0 Å². The van der Waals surface area contributed by atoms with Crippen LogP contribution in [0.4, 0.5) is 21.5 Å². The van der Waals surface area contributed by atoms with E-state index in [0.717, 1.165) is 47.7 Å². The molecule has 0 aromatic heterocycles. The number of piperazine rings is 1. The lowest BCUT2D eigenvalue weighted by atomic mass is 10.2. The molecule has 110 valence electrons. The molecule has 21 heavy (non-hydrogen) atoms. The zero-order chi connectivity index (χ0) is 14.8. The van der Waals surface area contributed by atoms with Gasteiger partial charge in [0.1, 0.15) is 5.82 Å². The zero-order valence-electron chi connectivity index (χ0n) is 11.6. The first-order chi connectivity index (χ1) is 10.1. The SMILES string of the molecule is Nc1cc(Br)ccc1N1CCN(c2ccc(F)cc2)CC1. The molecule has 1 heterocycles. The van der Waals surface area contributed by atoms with E-state index in [1.54, 1.807) is 0 Å². The first-order valence-corrected chi connectivity index (χ1v) is 7.73. The van der Waals surface area contributed by atoms with Crippen molar-refractivity contribution >= 4 is 33.0 Å². The molecule has 5 heteroatoms. The van der Waals surface area contributed by atoms with E-state index in [1.807, 2.05) is 30.3 Å². The summed E-state index contributed by atoms with van der Waals surface area (Å²) in [5.74, 6) is -0.194. The number of halogens is 2. The summed E-state index contributed by atoms with van der Waals surface area (Å²) in [6, 6.07) is 12.7. The Hall–Kier alpha value is -1.75. The molecule has 0 radical (unpaired) electrons. The van der Waals surface area contributed by atoms with Gasteiger partial charge in [-0.25, -0.2) is 4.39 Å². The molecule has 0 atom stereocenters. The summed E-state index contributed by atoms with van der Waals surface area (Å²) >= 11 is 3.43. The quantitative estimate of drug-likeness (QED) is 0.842. The van der Waals surface area contributed by atoms with Crippen LogP contribution in [0.3, 0.4) is 0 Å². The highest BCUT2D eigenvalue weighted by Crippen LogP contribution is 2.28. The van der Waals surface area contributed by atoms with Crippen LogP contribution in [0.5, 0.6) is 0 Å². The van der Waals surface area contributed by atoms with Crippen molar-refractivity contribution in [2.45, 2.75) is 0 Å². The summed E-state index contributed by atoms with van der Waals surface area (Å²) in [4.78, 5) is 4.56. The van der Waals surface area contributed by atoms with E-state index in [2.05, 4.69) is 25.7 Å². The molecule has 2 N–H and O–H groups in total. The lowest BCUT2D eigenvalue weighted by Crippen LogP contribution is -2.46. The molecule has 0 bridgehead atoms. The Morgan fingerprint density at radius 2 is 1.52 bits per heavy atom. The minimum absolute atomic E-state index is 0.194. The number of anilines is 3. The van der Waals surface area contributed by atoms with E-state index in [1.165, 1.54) is 12.1 Å². The van der Waals surface area contributed by atoms with Gasteiger partial charge in [0.15, 0.2) is 0 Å². The molecule has 1 aliphatic rings. The third-order valence-corrected chi connectivity index (χ3v) is 4.29. The Morgan fingerprint density at radius 1 is 0.905 bits per heavy atom. The van der Waals surface area contributed by atoms with Gasteiger partial charge in [-0.2, -0.15) is 0 Å². The first kappa shape index (κ1) is 14.2. The molecular formula is C16H17BrFN3. The Morgan fingerprint density at radius 3 is 2.14 bits per heavy atom. The summed E-state index contributed by atoms with van der Waals surface area (Å²) in [6.45, 7) is 3.62. The summed E-state index contributed by atoms with van der Waals surface area (Å²) in [6.07, 6.45) is 0. The summed E-state index contributed by atoms with van der Waals surface area (Å²) in [5, 5.41) is 0. The largest absolute Gasteiger partial charge is 0.397 e. The molecule has 1 aliphatic heterocycles. The fourth-order valence-electron chi connectivity index (χ4n) is 2.67. The second-order valence-electron chi connectivity index (χ2n) is 5.15. The van der Waals surface area contributed by atoms with Crippen molar-refractivity contribution in [1.29, 1.82) is 0 Å². The average Bonchev–Trinajstić information content (AvgIpc) is 2.48. The minimum Gasteiger partial charge on any atom is -0.397 e. The number of benzene rings is 2. The van der Waals surface area contributed by atoms with E-state index in [-0.39, 0.29) is 5.82 Å². The number of hydrogen-bond donors (Lipinski definition) is 1. The monoisotopic (exact) mass is 349 g/mol. The van der Waals surface area contributed by atoms with E-state index < -0.39 is 0 Å². The molecule has 0 spiro atoms. The van der Waals surface area contributed by atoms with Gasteiger partial charge in [0.25, 0.3) is 0 Å².